The van der Waals surface area contributed by atoms with Crippen LogP contribution in [0.25, 0.3) is 0 Å². The number of ether oxygens (including phenoxy) is 1. The molecule has 0 amide bonds. The van der Waals surface area contributed by atoms with Crippen molar-refractivity contribution in [1.29, 1.82) is 0 Å². The van der Waals surface area contributed by atoms with E-state index in [2.05, 4.69) is 45.2 Å². The lowest BCUT2D eigenvalue weighted by Crippen LogP contribution is -2.48. The number of benzene rings is 1. The summed E-state index contributed by atoms with van der Waals surface area (Å²) in [7, 11) is 1.73. The summed E-state index contributed by atoms with van der Waals surface area (Å²) in [6.07, 6.45) is 0. The summed E-state index contributed by atoms with van der Waals surface area (Å²) in [5, 5.41) is 3.46. The van der Waals surface area contributed by atoms with Crippen molar-refractivity contribution < 1.29 is 4.74 Å². The Labute approximate surface area is 111 Å². The smallest absolute Gasteiger partial charge is 0.124 e. The van der Waals surface area contributed by atoms with Crippen LogP contribution >= 0.6 is 15.9 Å². The van der Waals surface area contributed by atoms with Crippen LogP contribution in [0.3, 0.4) is 0 Å². The predicted octanol–water partition coefficient (Wildman–Crippen LogP) is 2.25. The number of halogens is 1. The molecule has 0 aliphatic carbocycles. The highest BCUT2D eigenvalue weighted by atomic mass is 79.9. The van der Waals surface area contributed by atoms with Crippen LogP contribution in [0.2, 0.25) is 0 Å². The Morgan fingerprint density at radius 3 is 3.06 bits per heavy atom. The van der Waals surface area contributed by atoms with Gasteiger partial charge in [0, 0.05) is 42.3 Å². The summed E-state index contributed by atoms with van der Waals surface area (Å²) < 4.78 is 6.48. The second-order valence-electron chi connectivity index (χ2n) is 4.55. The SMILES string of the molecule is COc1cc(Br)ccc1CN1CCN[C@H](C)C1. The molecule has 1 aromatic carbocycles. The maximum Gasteiger partial charge on any atom is 0.124 e. The fourth-order valence-electron chi connectivity index (χ4n) is 2.25. The van der Waals surface area contributed by atoms with E-state index in [9.17, 15) is 0 Å². The minimum Gasteiger partial charge on any atom is -0.496 e. The van der Waals surface area contributed by atoms with Crippen LogP contribution in [-0.4, -0.2) is 37.7 Å². The quantitative estimate of drug-likeness (QED) is 0.926. The van der Waals surface area contributed by atoms with Gasteiger partial charge in [0.25, 0.3) is 0 Å². The number of hydrogen-bond donors (Lipinski definition) is 1. The molecule has 17 heavy (non-hydrogen) atoms. The first-order chi connectivity index (χ1) is 8.19. The third kappa shape index (κ3) is 3.44. The Kier molecular flexibility index (Phi) is 4.42. The lowest BCUT2D eigenvalue weighted by molar-refractivity contribution is 0.197. The van der Waals surface area contributed by atoms with Crippen molar-refractivity contribution in [1.82, 2.24) is 10.2 Å². The standard InChI is InChI=1S/C13H19BrN2O/c1-10-8-16(6-5-15-10)9-11-3-4-12(14)7-13(11)17-2/h3-4,7,10,15H,5-6,8-9H2,1-2H3/t10-/m1/s1. The molecule has 0 bridgehead atoms. The highest BCUT2D eigenvalue weighted by Gasteiger charge is 2.16. The van der Waals surface area contributed by atoms with Crippen LogP contribution < -0.4 is 10.1 Å². The summed E-state index contributed by atoms with van der Waals surface area (Å²) in [6.45, 7) is 6.45. The third-order valence-corrected chi connectivity index (χ3v) is 3.59. The summed E-state index contributed by atoms with van der Waals surface area (Å²) in [5.74, 6) is 0.963. The molecule has 1 N–H and O–H groups in total. The van der Waals surface area contributed by atoms with Gasteiger partial charge in [0.1, 0.15) is 5.75 Å². The van der Waals surface area contributed by atoms with Gasteiger partial charge in [-0.25, -0.2) is 0 Å². The molecule has 1 heterocycles. The van der Waals surface area contributed by atoms with Crippen LogP contribution in [-0.2, 0) is 6.54 Å². The van der Waals surface area contributed by atoms with Gasteiger partial charge in [0.15, 0.2) is 0 Å². The van der Waals surface area contributed by atoms with Crippen LogP contribution in [0.4, 0.5) is 0 Å². The van der Waals surface area contributed by atoms with E-state index in [1.54, 1.807) is 7.11 Å². The first-order valence-electron chi connectivity index (χ1n) is 5.97. The van der Waals surface area contributed by atoms with Crippen molar-refractivity contribution in [2.75, 3.05) is 26.7 Å². The monoisotopic (exact) mass is 298 g/mol. The van der Waals surface area contributed by atoms with E-state index in [0.717, 1.165) is 36.4 Å². The maximum atomic E-state index is 5.42. The molecule has 0 saturated carbocycles. The van der Waals surface area contributed by atoms with Gasteiger partial charge in [-0.3, -0.25) is 4.90 Å². The predicted molar refractivity (Wildman–Crippen MR) is 73.4 cm³/mol. The summed E-state index contributed by atoms with van der Waals surface area (Å²) in [4.78, 5) is 2.47. The molecule has 2 rings (SSSR count). The first kappa shape index (κ1) is 12.9. The molecule has 1 aromatic rings. The highest BCUT2D eigenvalue weighted by molar-refractivity contribution is 9.10. The van der Waals surface area contributed by atoms with E-state index in [1.807, 2.05) is 6.07 Å². The lowest BCUT2D eigenvalue weighted by atomic mass is 10.1. The van der Waals surface area contributed by atoms with Gasteiger partial charge < -0.3 is 10.1 Å². The number of nitrogens with one attached hydrogen (secondary N) is 1. The number of nitrogens with zero attached hydrogens (tertiary/aromatic N) is 1. The molecule has 1 fully saturated rings. The van der Waals surface area contributed by atoms with Crippen molar-refractivity contribution in [2.45, 2.75) is 19.5 Å². The molecule has 4 heteroatoms. The van der Waals surface area contributed by atoms with Crippen molar-refractivity contribution in [3.8, 4) is 5.75 Å². The van der Waals surface area contributed by atoms with Gasteiger partial charge in [-0.15, -0.1) is 0 Å². The molecule has 1 saturated heterocycles. The first-order valence-corrected chi connectivity index (χ1v) is 6.76. The van der Waals surface area contributed by atoms with Crippen LogP contribution in [0.5, 0.6) is 5.75 Å². The Morgan fingerprint density at radius 2 is 2.35 bits per heavy atom. The largest absolute Gasteiger partial charge is 0.496 e. The summed E-state index contributed by atoms with van der Waals surface area (Å²) >= 11 is 3.47. The molecule has 0 unspecified atom stereocenters. The topological polar surface area (TPSA) is 24.5 Å². The van der Waals surface area contributed by atoms with Crippen molar-refractivity contribution in [3.05, 3.63) is 28.2 Å². The van der Waals surface area contributed by atoms with Gasteiger partial charge in [-0.2, -0.15) is 0 Å². The van der Waals surface area contributed by atoms with Crippen LogP contribution in [0.15, 0.2) is 22.7 Å². The van der Waals surface area contributed by atoms with Crippen molar-refractivity contribution >= 4 is 15.9 Å². The van der Waals surface area contributed by atoms with E-state index >= 15 is 0 Å². The Hall–Kier alpha value is -0.580. The second kappa shape index (κ2) is 5.85. The zero-order valence-corrected chi connectivity index (χ0v) is 12.0. The minimum atomic E-state index is 0.574. The zero-order valence-electron chi connectivity index (χ0n) is 10.4. The normalized spacial score (nSPS) is 21.5. The molecule has 0 radical (unpaired) electrons. The van der Waals surface area contributed by atoms with Crippen LogP contribution in [0.1, 0.15) is 12.5 Å². The van der Waals surface area contributed by atoms with E-state index in [-0.39, 0.29) is 0 Å². The number of hydrogen-bond acceptors (Lipinski definition) is 3. The fraction of sp³-hybridized carbons (Fsp3) is 0.538. The maximum absolute atomic E-state index is 5.42. The molecular formula is C13H19BrN2O. The Balaban J connectivity index is 2.07. The average Bonchev–Trinajstić information content (AvgIpc) is 2.31. The van der Waals surface area contributed by atoms with E-state index in [1.165, 1.54) is 5.56 Å². The fourth-order valence-corrected chi connectivity index (χ4v) is 2.59. The molecule has 3 nitrogen and oxygen atoms in total. The van der Waals surface area contributed by atoms with Gasteiger partial charge in [-0.1, -0.05) is 22.0 Å². The number of rotatable bonds is 3. The van der Waals surface area contributed by atoms with E-state index in [4.69, 9.17) is 4.74 Å². The highest BCUT2D eigenvalue weighted by Crippen LogP contribution is 2.24. The zero-order chi connectivity index (χ0) is 12.3. The lowest BCUT2D eigenvalue weighted by Gasteiger charge is -2.32. The summed E-state index contributed by atoms with van der Waals surface area (Å²) in [5.41, 5.74) is 1.25. The minimum absolute atomic E-state index is 0.574. The Morgan fingerprint density at radius 1 is 1.53 bits per heavy atom. The molecule has 0 aromatic heterocycles. The Bertz CT molecular complexity index is 384. The second-order valence-corrected chi connectivity index (χ2v) is 5.46. The van der Waals surface area contributed by atoms with Gasteiger partial charge in [0.2, 0.25) is 0 Å². The van der Waals surface area contributed by atoms with Crippen LogP contribution in [0, 0.1) is 0 Å². The van der Waals surface area contributed by atoms with Crippen molar-refractivity contribution in [2.24, 2.45) is 0 Å². The molecule has 1 aliphatic heterocycles. The summed E-state index contributed by atoms with van der Waals surface area (Å²) in [6, 6.07) is 6.81. The molecule has 1 atom stereocenters. The van der Waals surface area contributed by atoms with E-state index < -0.39 is 0 Å². The number of methoxy groups -OCH3 is 1. The molecule has 1 aliphatic rings. The van der Waals surface area contributed by atoms with Gasteiger partial charge >= 0.3 is 0 Å². The number of piperazine rings is 1. The molecule has 94 valence electrons. The molecular weight excluding hydrogens is 280 g/mol. The van der Waals surface area contributed by atoms with Gasteiger partial charge in [-0.05, 0) is 19.1 Å². The third-order valence-electron chi connectivity index (χ3n) is 3.10. The van der Waals surface area contributed by atoms with E-state index in [0.29, 0.717) is 6.04 Å². The molecule has 0 spiro atoms. The average molecular weight is 299 g/mol. The van der Waals surface area contributed by atoms with Gasteiger partial charge in [0.05, 0.1) is 7.11 Å². The van der Waals surface area contributed by atoms with Crippen molar-refractivity contribution in [3.63, 3.8) is 0 Å².